The fourth-order valence-electron chi connectivity index (χ4n) is 0.929. The number of ketones is 1. The van der Waals surface area contributed by atoms with Gasteiger partial charge in [0.05, 0.1) is 0 Å². The van der Waals surface area contributed by atoms with Crippen molar-refractivity contribution < 1.29 is 23.9 Å². The molecule has 0 unspecified atom stereocenters. The first-order chi connectivity index (χ1) is 6.50. The maximum absolute atomic E-state index is 13.1. The molecular formula is C8H8BFO4. The first-order valence-electron chi connectivity index (χ1n) is 3.84. The Morgan fingerprint density at radius 2 is 2.14 bits per heavy atom. The summed E-state index contributed by atoms with van der Waals surface area (Å²) < 4.78 is 17.4. The zero-order valence-corrected chi connectivity index (χ0v) is 7.40. The van der Waals surface area contributed by atoms with Gasteiger partial charge in [-0.1, -0.05) is 0 Å². The van der Waals surface area contributed by atoms with Crippen molar-refractivity contribution in [2.75, 3.05) is 0 Å². The Bertz CT molecular complexity index is 353. The lowest BCUT2D eigenvalue weighted by Gasteiger charge is -2.06. The zero-order valence-electron chi connectivity index (χ0n) is 7.40. The van der Waals surface area contributed by atoms with Crippen molar-refractivity contribution in [3.05, 3.63) is 29.6 Å². The van der Waals surface area contributed by atoms with Crippen LogP contribution in [0.25, 0.3) is 0 Å². The number of rotatable bonds is 3. The van der Waals surface area contributed by atoms with Gasteiger partial charge in [-0.05, 0) is 25.1 Å². The molecule has 0 amide bonds. The lowest BCUT2D eigenvalue weighted by molar-refractivity contribution is 0.101. The van der Waals surface area contributed by atoms with Crippen molar-refractivity contribution in [1.29, 1.82) is 0 Å². The molecule has 0 aliphatic rings. The average molecular weight is 198 g/mol. The van der Waals surface area contributed by atoms with Crippen LogP contribution in [-0.4, -0.2) is 23.2 Å². The number of carbonyl (C=O) groups excluding carboxylic acids is 1. The van der Waals surface area contributed by atoms with Crippen molar-refractivity contribution in [2.24, 2.45) is 0 Å². The van der Waals surface area contributed by atoms with E-state index in [2.05, 4.69) is 4.65 Å². The lowest BCUT2D eigenvalue weighted by Crippen LogP contribution is -2.21. The third-order valence-electron chi connectivity index (χ3n) is 1.57. The predicted molar refractivity (Wildman–Crippen MR) is 47.2 cm³/mol. The Kier molecular flexibility index (Phi) is 3.21. The Labute approximate surface area is 80.1 Å². The molecule has 0 bridgehead atoms. The van der Waals surface area contributed by atoms with Crippen LogP contribution in [0, 0.1) is 5.82 Å². The van der Waals surface area contributed by atoms with E-state index in [4.69, 9.17) is 10.0 Å². The maximum Gasteiger partial charge on any atom is 0.707 e. The topological polar surface area (TPSA) is 66.8 Å². The van der Waals surface area contributed by atoms with Crippen LogP contribution in [-0.2, 0) is 0 Å². The molecule has 0 aliphatic heterocycles. The summed E-state index contributed by atoms with van der Waals surface area (Å²) in [7, 11) is -2.08. The van der Waals surface area contributed by atoms with Crippen LogP contribution >= 0.6 is 0 Å². The molecule has 0 saturated heterocycles. The monoisotopic (exact) mass is 198 g/mol. The van der Waals surface area contributed by atoms with Crippen LogP contribution in [0.3, 0.4) is 0 Å². The number of hydrogen-bond donors (Lipinski definition) is 2. The van der Waals surface area contributed by atoms with Gasteiger partial charge in [0.15, 0.2) is 11.6 Å². The van der Waals surface area contributed by atoms with Gasteiger partial charge >= 0.3 is 7.32 Å². The second-order valence-corrected chi connectivity index (χ2v) is 2.65. The van der Waals surface area contributed by atoms with E-state index in [-0.39, 0.29) is 17.1 Å². The van der Waals surface area contributed by atoms with Gasteiger partial charge in [-0.15, -0.1) is 0 Å². The van der Waals surface area contributed by atoms with E-state index in [9.17, 15) is 9.18 Å². The molecule has 2 N–H and O–H groups in total. The molecular weight excluding hydrogens is 190 g/mol. The second kappa shape index (κ2) is 4.21. The number of hydrogen-bond acceptors (Lipinski definition) is 4. The minimum Gasteiger partial charge on any atom is -0.510 e. The van der Waals surface area contributed by atoms with Crippen LogP contribution in [0.4, 0.5) is 4.39 Å². The molecule has 1 rings (SSSR count). The Morgan fingerprint density at radius 3 is 2.57 bits per heavy atom. The van der Waals surface area contributed by atoms with Crippen molar-refractivity contribution in [2.45, 2.75) is 6.92 Å². The van der Waals surface area contributed by atoms with Crippen molar-refractivity contribution in [3.63, 3.8) is 0 Å². The third-order valence-corrected chi connectivity index (χ3v) is 1.57. The molecule has 74 valence electrons. The van der Waals surface area contributed by atoms with E-state index in [1.165, 1.54) is 13.0 Å². The molecule has 6 heteroatoms. The van der Waals surface area contributed by atoms with Crippen LogP contribution in [0.2, 0.25) is 0 Å². The van der Waals surface area contributed by atoms with Gasteiger partial charge in [-0.2, -0.15) is 0 Å². The minimum atomic E-state index is -2.08. The largest absolute Gasteiger partial charge is 0.707 e. The lowest BCUT2D eigenvalue weighted by atomic mass is 10.1. The summed E-state index contributed by atoms with van der Waals surface area (Å²) in [5.74, 6) is -1.41. The fourth-order valence-corrected chi connectivity index (χ4v) is 0.929. The van der Waals surface area contributed by atoms with Gasteiger partial charge in [0.1, 0.15) is 5.75 Å². The molecule has 0 aliphatic carbocycles. The summed E-state index contributed by atoms with van der Waals surface area (Å²) in [4.78, 5) is 10.8. The molecule has 0 atom stereocenters. The highest BCUT2D eigenvalue weighted by Crippen LogP contribution is 2.18. The highest BCUT2D eigenvalue weighted by Gasteiger charge is 2.15. The minimum absolute atomic E-state index is 0.197. The quantitative estimate of drug-likeness (QED) is 0.544. The van der Waals surface area contributed by atoms with Crippen LogP contribution in [0.1, 0.15) is 17.3 Å². The SMILES string of the molecule is CC(=O)c1ccc(OB(O)O)c(F)c1. The molecule has 1 aromatic rings. The predicted octanol–water partition coefficient (Wildman–Crippen LogP) is 0.377. The molecule has 0 radical (unpaired) electrons. The number of Topliss-reactive ketones (excluding diaryl/α,β-unsaturated/α-hetero) is 1. The molecule has 1 aromatic carbocycles. The number of carbonyl (C=O) groups is 1. The summed E-state index contributed by atoms with van der Waals surface area (Å²) in [6.07, 6.45) is 0. The summed E-state index contributed by atoms with van der Waals surface area (Å²) in [6, 6.07) is 3.47. The fraction of sp³-hybridized carbons (Fsp3) is 0.125. The van der Waals surface area contributed by atoms with Crippen molar-refractivity contribution in [3.8, 4) is 5.75 Å². The van der Waals surface area contributed by atoms with E-state index >= 15 is 0 Å². The first kappa shape index (κ1) is 10.7. The standard InChI is InChI=1S/C8H8BFO4/c1-5(11)6-2-3-8(7(10)4-6)14-9(12)13/h2-4,12-13H,1H3. The number of benzene rings is 1. The van der Waals surface area contributed by atoms with Crippen LogP contribution in [0.5, 0.6) is 5.75 Å². The highest BCUT2D eigenvalue weighted by atomic mass is 19.1. The molecule has 0 saturated carbocycles. The van der Waals surface area contributed by atoms with Gasteiger partial charge in [0.25, 0.3) is 0 Å². The highest BCUT2D eigenvalue weighted by molar-refractivity contribution is 6.33. The summed E-state index contributed by atoms with van der Waals surface area (Å²) in [6.45, 7) is 1.30. The van der Waals surface area contributed by atoms with E-state index in [0.717, 1.165) is 12.1 Å². The smallest absolute Gasteiger partial charge is 0.510 e. The Balaban J connectivity index is 2.95. The third kappa shape index (κ3) is 2.55. The Hall–Kier alpha value is -1.40. The Morgan fingerprint density at radius 1 is 1.50 bits per heavy atom. The van der Waals surface area contributed by atoms with Gasteiger partial charge < -0.3 is 14.7 Å². The molecule has 0 spiro atoms. The van der Waals surface area contributed by atoms with Crippen LogP contribution < -0.4 is 4.65 Å². The van der Waals surface area contributed by atoms with Crippen LogP contribution in [0.15, 0.2) is 18.2 Å². The molecule has 0 fully saturated rings. The van der Waals surface area contributed by atoms with E-state index in [1.54, 1.807) is 0 Å². The summed E-state index contributed by atoms with van der Waals surface area (Å²) in [5.41, 5.74) is 0.197. The van der Waals surface area contributed by atoms with Crippen molar-refractivity contribution in [1.82, 2.24) is 0 Å². The molecule has 14 heavy (non-hydrogen) atoms. The van der Waals surface area contributed by atoms with E-state index in [1.807, 2.05) is 0 Å². The van der Waals surface area contributed by atoms with Gasteiger partial charge in [0.2, 0.25) is 0 Å². The van der Waals surface area contributed by atoms with E-state index < -0.39 is 13.1 Å². The summed E-state index contributed by atoms with van der Waals surface area (Å²) >= 11 is 0. The van der Waals surface area contributed by atoms with Gasteiger partial charge in [-0.3, -0.25) is 4.79 Å². The summed E-state index contributed by atoms with van der Waals surface area (Å²) in [5, 5.41) is 16.8. The van der Waals surface area contributed by atoms with Crippen molar-refractivity contribution >= 4 is 13.1 Å². The normalized spacial score (nSPS) is 9.71. The second-order valence-electron chi connectivity index (χ2n) is 2.65. The van der Waals surface area contributed by atoms with Gasteiger partial charge in [-0.25, -0.2) is 4.39 Å². The van der Waals surface area contributed by atoms with Gasteiger partial charge in [0, 0.05) is 5.56 Å². The number of halogens is 1. The maximum atomic E-state index is 13.1. The molecule has 0 heterocycles. The molecule has 4 nitrogen and oxygen atoms in total. The zero-order chi connectivity index (χ0) is 10.7. The molecule has 0 aromatic heterocycles. The average Bonchev–Trinajstić information content (AvgIpc) is 2.07. The first-order valence-corrected chi connectivity index (χ1v) is 3.84. The van der Waals surface area contributed by atoms with E-state index in [0.29, 0.717) is 0 Å².